The van der Waals surface area contributed by atoms with Gasteiger partial charge in [-0.15, -0.1) is 16.8 Å². The highest BCUT2D eigenvalue weighted by Gasteiger charge is 2.29. The molecule has 2 heterocycles. The van der Waals surface area contributed by atoms with Gasteiger partial charge in [-0.25, -0.2) is 0 Å². The van der Waals surface area contributed by atoms with Crippen LogP contribution in [0, 0.1) is 6.92 Å². The zero-order valence-corrected chi connectivity index (χ0v) is 11.6. The average molecular weight is 277 g/mol. The van der Waals surface area contributed by atoms with Gasteiger partial charge in [-0.1, -0.05) is 23.0 Å². The van der Waals surface area contributed by atoms with Crippen molar-refractivity contribution >= 4 is 11.8 Å². The van der Waals surface area contributed by atoms with Gasteiger partial charge in [0.05, 0.1) is 5.75 Å². The van der Waals surface area contributed by atoms with E-state index in [4.69, 9.17) is 4.52 Å². The summed E-state index contributed by atoms with van der Waals surface area (Å²) in [4.78, 5) is 4.39. The second-order valence-corrected chi connectivity index (χ2v) is 5.48. The molecule has 0 bridgehead atoms. The van der Waals surface area contributed by atoms with E-state index >= 15 is 0 Å². The lowest BCUT2D eigenvalue weighted by molar-refractivity contribution is 0.375. The zero-order chi connectivity index (χ0) is 13.2. The van der Waals surface area contributed by atoms with Crippen LogP contribution < -0.4 is 0 Å². The summed E-state index contributed by atoms with van der Waals surface area (Å²) < 4.78 is 7.24. The summed E-state index contributed by atoms with van der Waals surface area (Å²) >= 11 is 1.56. The van der Waals surface area contributed by atoms with Gasteiger partial charge in [0, 0.05) is 12.5 Å². The summed E-state index contributed by atoms with van der Waals surface area (Å²) in [5.74, 6) is 3.52. The van der Waals surface area contributed by atoms with Crippen LogP contribution in [0.15, 0.2) is 22.3 Å². The van der Waals surface area contributed by atoms with Gasteiger partial charge in [0.1, 0.15) is 5.82 Å². The van der Waals surface area contributed by atoms with Crippen molar-refractivity contribution < 1.29 is 4.52 Å². The van der Waals surface area contributed by atoms with Crippen LogP contribution in [0.2, 0.25) is 0 Å². The topological polar surface area (TPSA) is 69.6 Å². The maximum Gasteiger partial charge on any atom is 0.229 e. The molecule has 0 amide bonds. The van der Waals surface area contributed by atoms with Gasteiger partial charge in [-0.05, 0) is 19.8 Å². The number of aromatic nitrogens is 5. The molecule has 0 aromatic carbocycles. The van der Waals surface area contributed by atoms with Crippen molar-refractivity contribution in [3.63, 3.8) is 0 Å². The Balaban J connectivity index is 1.66. The maximum atomic E-state index is 5.23. The van der Waals surface area contributed by atoms with Gasteiger partial charge in [0.15, 0.2) is 11.0 Å². The molecule has 6 nitrogen and oxygen atoms in total. The highest BCUT2D eigenvalue weighted by atomic mass is 32.2. The monoisotopic (exact) mass is 277 g/mol. The van der Waals surface area contributed by atoms with Crippen LogP contribution in [0.25, 0.3) is 0 Å². The van der Waals surface area contributed by atoms with E-state index in [9.17, 15) is 0 Å². The fraction of sp³-hybridized carbons (Fsp3) is 0.500. The predicted octanol–water partition coefficient (Wildman–Crippen LogP) is 2.33. The van der Waals surface area contributed by atoms with Gasteiger partial charge >= 0.3 is 0 Å². The van der Waals surface area contributed by atoms with Crippen LogP contribution in [0.5, 0.6) is 0 Å². The third-order valence-electron chi connectivity index (χ3n) is 2.95. The van der Waals surface area contributed by atoms with E-state index in [0.717, 1.165) is 22.7 Å². The first-order valence-corrected chi connectivity index (χ1v) is 7.22. The van der Waals surface area contributed by atoms with Crippen molar-refractivity contribution in [2.24, 2.45) is 0 Å². The van der Waals surface area contributed by atoms with Crippen LogP contribution in [0.4, 0.5) is 0 Å². The number of rotatable bonds is 6. The number of aryl methyl sites for hydroxylation is 1. The van der Waals surface area contributed by atoms with Crippen molar-refractivity contribution in [1.82, 2.24) is 24.9 Å². The van der Waals surface area contributed by atoms with Crippen LogP contribution in [-0.2, 0) is 12.3 Å². The molecule has 2 aromatic heterocycles. The minimum atomic E-state index is 0.498. The van der Waals surface area contributed by atoms with Crippen LogP contribution in [0.1, 0.15) is 36.3 Å². The van der Waals surface area contributed by atoms with Gasteiger partial charge in [0.2, 0.25) is 5.89 Å². The highest BCUT2D eigenvalue weighted by molar-refractivity contribution is 7.98. The van der Waals surface area contributed by atoms with E-state index in [1.165, 1.54) is 12.8 Å². The molecule has 1 saturated carbocycles. The summed E-state index contributed by atoms with van der Waals surface area (Å²) in [6.45, 7) is 6.38. The second kappa shape index (κ2) is 5.16. The molecule has 0 aliphatic heterocycles. The van der Waals surface area contributed by atoms with Gasteiger partial charge in [-0.3, -0.25) is 0 Å². The lowest BCUT2D eigenvalue weighted by Gasteiger charge is -2.03. The Labute approximate surface area is 115 Å². The van der Waals surface area contributed by atoms with E-state index < -0.39 is 0 Å². The SMILES string of the molecule is C=CCn1c(C)nnc1SCc1noc(C2CC2)n1. The molecule has 0 radical (unpaired) electrons. The Morgan fingerprint density at radius 2 is 2.32 bits per heavy atom. The first-order valence-electron chi connectivity index (χ1n) is 6.24. The predicted molar refractivity (Wildman–Crippen MR) is 70.8 cm³/mol. The third kappa shape index (κ3) is 2.70. The lowest BCUT2D eigenvalue weighted by Crippen LogP contribution is -2.00. The number of nitrogens with zero attached hydrogens (tertiary/aromatic N) is 5. The molecule has 1 aliphatic rings. The van der Waals surface area contributed by atoms with Crippen molar-refractivity contribution in [1.29, 1.82) is 0 Å². The number of allylic oxidation sites excluding steroid dienone is 1. The molecular weight excluding hydrogens is 262 g/mol. The smallest absolute Gasteiger partial charge is 0.229 e. The molecule has 0 atom stereocenters. The molecular formula is C12H15N5OS. The Bertz CT molecular complexity index is 587. The minimum absolute atomic E-state index is 0.498. The summed E-state index contributed by atoms with van der Waals surface area (Å²) in [7, 11) is 0. The molecule has 1 fully saturated rings. The molecule has 2 aromatic rings. The number of hydrogen-bond acceptors (Lipinski definition) is 6. The number of hydrogen-bond donors (Lipinski definition) is 0. The molecule has 100 valence electrons. The van der Waals surface area contributed by atoms with Crippen LogP contribution >= 0.6 is 11.8 Å². The molecule has 1 aliphatic carbocycles. The summed E-state index contributed by atoms with van der Waals surface area (Å²) in [6, 6.07) is 0. The fourth-order valence-electron chi connectivity index (χ4n) is 1.76. The largest absolute Gasteiger partial charge is 0.339 e. The lowest BCUT2D eigenvalue weighted by atomic mass is 10.4. The summed E-state index contributed by atoms with van der Waals surface area (Å²) in [6.07, 6.45) is 4.17. The normalized spacial score (nSPS) is 14.8. The first kappa shape index (κ1) is 12.4. The molecule has 7 heteroatoms. The Kier molecular flexibility index (Phi) is 3.37. The summed E-state index contributed by atoms with van der Waals surface area (Å²) in [5.41, 5.74) is 0. The third-order valence-corrected chi connectivity index (χ3v) is 3.92. The Morgan fingerprint density at radius 1 is 1.47 bits per heavy atom. The van der Waals surface area contributed by atoms with E-state index in [1.54, 1.807) is 11.8 Å². The van der Waals surface area contributed by atoms with Crippen LogP contribution in [-0.4, -0.2) is 24.9 Å². The maximum absolute atomic E-state index is 5.23. The molecule has 0 spiro atoms. The van der Waals surface area contributed by atoms with Crippen LogP contribution in [0.3, 0.4) is 0 Å². The van der Waals surface area contributed by atoms with E-state index in [-0.39, 0.29) is 0 Å². The second-order valence-electron chi connectivity index (χ2n) is 4.54. The molecule has 0 N–H and O–H groups in total. The van der Waals surface area contributed by atoms with Crippen molar-refractivity contribution in [3.05, 3.63) is 30.2 Å². The molecule has 0 unspecified atom stereocenters. The minimum Gasteiger partial charge on any atom is -0.339 e. The highest BCUT2D eigenvalue weighted by Crippen LogP contribution is 2.39. The van der Waals surface area contributed by atoms with Crippen molar-refractivity contribution in [2.75, 3.05) is 0 Å². The van der Waals surface area contributed by atoms with Crippen molar-refractivity contribution in [2.45, 2.75) is 43.1 Å². The molecule has 3 rings (SSSR count). The van der Waals surface area contributed by atoms with Gasteiger partial charge in [-0.2, -0.15) is 4.98 Å². The van der Waals surface area contributed by atoms with Gasteiger partial charge in [0.25, 0.3) is 0 Å². The number of thioether (sulfide) groups is 1. The van der Waals surface area contributed by atoms with Crippen molar-refractivity contribution in [3.8, 4) is 0 Å². The zero-order valence-electron chi connectivity index (χ0n) is 10.7. The Hall–Kier alpha value is -1.63. The molecule has 19 heavy (non-hydrogen) atoms. The Morgan fingerprint density at radius 3 is 3.05 bits per heavy atom. The summed E-state index contributed by atoms with van der Waals surface area (Å²) in [5, 5.41) is 13.1. The standard InChI is InChI=1S/C12H15N5OS/c1-3-6-17-8(2)14-15-12(17)19-7-10-13-11(18-16-10)9-4-5-9/h3,9H,1,4-7H2,2H3. The molecule has 0 saturated heterocycles. The van der Waals surface area contributed by atoms with E-state index in [1.807, 2.05) is 17.6 Å². The first-order chi connectivity index (χ1) is 9.28. The fourth-order valence-corrected chi connectivity index (χ4v) is 2.60. The van der Waals surface area contributed by atoms with Gasteiger partial charge < -0.3 is 9.09 Å². The van der Waals surface area contributed by atoms with E-state index in [2.05, 4.69) is 26.9 Å². The average Bonchev–Trinajstić information content (AvgIpc) is 3.06. The van der Waals surface area contributed by atoms with E-state index in [0.29, 0.717) is 18.2 Å². The quantitative estimate of drug-likeness (QED) is 0.596.